The van der Waals surface area contributed by atoms with Gasteiger partial charge in [0.05, 0.1) is 0 Å². The van der Waals surface area contributed by atoms with Crippen LogP contribution >= 0.6 is 0 Å². The lowest BCUT2D eigenvalue weighted by molar-refractivity contribution is -0.127. The second kappa shape index (κ2) is 10.9. The van der Waals surface area contributed by atoms with Crippen molar-refractivity contribution in [2.24, 2.45) is 0 Å². The molecule has 0 aromatic carbocycles. The Morgan fingerprint density at radius 1 is 1.31 bits per heavy atom. The fourth-order valence-electron chi connectivity index (χ4n) is 1.03. The molecule has 4 nitrogen and oxygen atoms in total. The number of carboxylic acid groups (broad SMARTS) is 1. The Balaban J connectivity index is 0. The number of carbonyl (C=O) groups excluding carboxylic acids is 1. The maximum absolute atomic E-state index is 10.6. The van der Waals surface area contributed by atoms with E-state index >= 15 is 0 Å². The van der Waals surface area contributed by atoms with Gasteiger partial charge in [0.15, 0.2) is 0 Å². The van der Waals surface area contributed by atoms with E-state index < -0.39 is 0 Å². The van der Waals surface area contributed by atoms with E-state index in [1.54, 1.807) is 6.92 Å². The van der Waals surface area contributed by atoms with Gasteiger partial charge in [0.1, 0.15) is 0 Å². The second-order valence-corrected chi connectivity index (χ2v) is 2.32. The van der Waals surface area contributed by atoms with Crippen LogP contribution in [0.2, 0.25) is 0 Å². The van der Waals surface area contributed by atoms with Crippen molar-refractivity contribution in [3.05, 3.63) is 0 Å². The molecular formula is C9H19NO3. The molecule has 1 aliphatic heterocycles. The second-order valence-electron chi connectivity index (χ2n) is 2.32. The monoisotopic (exact) mass is 189 g/mol. The lowest BCUT2D eigenvalue weighted by Crippen LogP contribution is -2.24. The fraction of sp³-hybridized carbons (Fsp3) is 0.778. The minimum absolute atomic E-state index is 0.225. The topological polar surface area (TPSA) is 57.6 Å². The van der Waals surface area contributed by atoms with Gasteiger partial charge < -0.3 is 10.0 Å². The van der Waals surface area contributed by atoms with Crippen molar-refractivity contribution in [3.63, 3.8) is 0 Å². The van der Waals surface area contributed by atoms with Gasteiger partial charge in [-0.15, -0.1) is 0 Å². The number of hydrogen-bond acceptors (Lipinski definition) is 2. The lowest BCUT2D eigenvalue weighted by Gasteiger charge is -2.10. The van der Waals surface area contributed by atoms with Gasteiger partial charge in [-0.2, -0.15) is 0 Å². The Labute approximate surface area is 79.5 Å². The number of hydrogen-bond donors (Lipinski definition) is 1. The first-order valence-electron chi connectivity index (χ1n) is 4.55. The van der Waals surface area contributed by atoms with E-state index in [0.717, 1.165) is 13.1 Å². The predicted molar refractivity (Wildman–Crippen MR) is 51.5 cm³/mol. The molecule has 4 heteroatoms. The average Bonchev–Trinajstić information content (AvgIpc) is 2.61. The van der Waals surface area contributed by atoms with Crippen LogP contribution in [0.5, 0.6) is 0 Å². The summed E-state index contributed by atoms with van der Waals surface area (Å²) in [5.41, 5.74) is 0. The van der Waals surface area contributed by atoms with Crippen LogP contribution in [0.25, 0.3) is 0 Å². The van der Waals surface area contributed by atoms with Crippen LogP contribution in [0.15, 0.2) is 0 Å². The van der Waals surface area contributed by atoms with Crippen LogP contribution in [0, 0.1) is 0 Å². The maximum atomic E-state index is 10.6. The van der Waals surface area contributed by atoms with Crippen molar-refractivity contribution < 1.29 is 14.7 Å². The van der Waals surface area contributed by atoms with Crippen LogP contribution in [0.4, 0.5) is 0 Å². The minimum Gasteiger partial charge on any atom is -0.483 e. The van der Waals surface area contributed by atoms with E-state index in [-0.39, 0.29) is 12.4 Å². The number of likely N-dealkylation sites (tertiary alicyclic amines) is 1. The molecule has 0 saturated carbocycles. The van der Waals surface area contributed by atoms with Crippen LogP contribution in [0.3, 0.4) is 0 Å². The molecule has 0 radical (unpaired) electrons. The van der Waals surface area contributed by atoms with Crippen molar-refractivity contribution in [2.45, 2.75) is 33.6 Å². The molecule has 0 unspecified atom stereocenters. The zero-order chi connectivity index (χ0) is 10.7. The van der Waals surface area contributed by atoms with Crippen LogP contribution in [-0.2, 0) is 9.59 Å². The van der Waals surface area contributed by atoms with Gasteiger partial charge in [-0.3, -0.25) is 9.59 Å². The highest BCUT2D eigenvalue weighted by Crippen LogP contribution is 2.05. The zero-order valence-corrected chi connectivity index (χ0v) is 8.62. The molecule has 1 amide bonds. The summed E-state index contributed by atoms with van der Waals surface area (Å²) in [5, 5.41) is 6.89. The van der Waals surface area contributed by atoms with Gasteiger partial charge in [0.25, 0.3) is 6.47 Å². The molecule has 1 N–H and O–H groups in total. The summed E-state index contributed by atoms with van der Waals surface area (Å²) < 4.78 is 0. The average molecular weight is 189 g/mol. The molecule has 0 aromatic rings. The van der Waals surface area contributed by atoms with Gasteiger partial charge in [-0.25, -0.2) is 0 Å². The molecule has 0 aliphatic carbocycles. The van der Waals surface area contributed by atoms with Crippen molar-refractivity contribution in [2.75, 3.05) is 13.1 Å². The fourth-order valence-corrected chi connectivity index (χ4v) is 1.03. The third-order valence-corrected chi connectivity index (χ3v) is 1.55. The highest BCUT2D eigenvalue weighted by Gasteiger charge is 2.12. The summed E-state index contributed by atoms with van der Waals surface area (Å²) in [7, 11) is 0. The Morgan fingerprint density at radius 2 is 1.62 bits per heavy atom. The van der Waals surface area contributed by atoms with Gasteiger partial charge in [0.2, 0.25) is 5.91 Å². The van der Waals surface area contributed by atoms with E-state index in [1.165, 1.54) is 12.8 Å². The molecule has 78 valence electrons. The number of rotatable bonds is 0. The SMILES string of the molecule is CC.CC(=O)N1CCCC1.O=CO. The number of carbonyl (C=O) groups is 2. The molecule has 1 aliphatic rings. The van der Waals surface area contributed by atoms with Gasteiger partial charge in [-0.05, 0) is 12.8 Å². The summed E-state index contributed by atoms with van der Waals surface area (Å²) in [4.78, 5) is 20.8. The van der Waals surface area contributed by atoms with E-state index in [9.17, 15) is 4.79 Å². The third kappa shape index (κ3) is 8.85. The Morgan fingerprint density at radius 3 is 1.77 bits per heavy atom. The highest BCUT2D eigenvalue weighted by molar-refractivity contribution is 5.73. The zero-order valence-electron chi connectivity index (χ0n) is 8.62. The molecule has 0 spiro atoms. The summed E-state index contributed by atoms with van der Waals surface area (Å²) in [6.45, 7) is 7.34. The van der Waals surface area contributed by atoms with Crippen molar-refractivity contribution in [3.8, 4) is 0 Å². The van der Waals surface area contributed by atoms with Gasteiger partial charge in [0, 0.05) is 20.0 Å². The first-order chi connectivity index (χ1) is 6.22. The Kier molecular flexibility index (Phi) is 12.2. The summed E-state index contributed by atoms with van der Waals surface area (Å²) in [6.07, 6.45) is 2.39. The molecule has 1 fully saturated rings. The maximum Gasteiger partial charge on any atom is 0.290 e. The molecule has 1 rings (SSSR count). The molecule has 0 bridgehead atoms. The number of nitrogens with zero attached hydrogens (tertiary/aromatic N) is 1. The van der Waals surface area contributed by atoms with E-state index in [4.69, 9.17) is 9.90 Å². The predicted octanol–water partition coefficient (Wildman–Crippen LogP) is 1.36. The van der Waals surface area contributed by atoms with E-state index in [2.05, 4.69) is 0 Å². The summed E-state index contributed by atoms with van der Waals surface area (Å²) in [5.74, 6) is 0.225. The van der Waals surface area contributed by atoms with Crippen LogP contribution in [0.1, 0.15) is 33.6 Å². The summed E-state index contributed by atoms with van der Waals surface area (Å²) in [6, 6.07) is 0. The van der Waals surface area contributed by atoms with Gasteiger partial charge in [-0.1, -0.05) is 13.8 Å². The van der Waals surface area contributed by atoms with E-state index in [1.807, 2.05) is 18.7 Å². The van der Waals surface area contributed by atoms with Crippen LogP contribution in [-0.4, -0.2) is 35.5 Å². The molecule has 0 atom stereocenters. The Bertz CT molecular complexity index is 131. The first kappa shape index (κ1) is 14.5. The highest BCUT2D eigenvalue weighted by atomic mass is 16.3. The summed E-state index contributed by atoms with van der Waals surface area (Å²) >= 11 is 0. The molecule has 1 heterocycles. The van der Waals surface area contributed by atoms with Crippen molar-refractivity contribution >= 4 is 12.4 Å². The first-order valence-corrected chi connectivity index (χ1v) is 4.55. The largest absolute Gasteiger partial charge is 0.483 e. The lowest BCUT2D eigenvalue weighted by atomic mass is 10.4. The molecular weight excluding hydrogens is 170 g/mol. The molecule has 0 aromatic heterocycles. The van der Waals surface area contributed by atoms with Crippen molar-refractivity contribution in [1.29, 1.82) is 0 Å². The number of amides is 1. The Hall–Kier alpha value is -1.06. The molecule has 13 heavy (non-hydrogen) atoms. The normalized spacial score (nSPS) is 13.3. The van der Waals surface area contributed by atoms with Crippen molar-refractivity contribution in [1.82, 2.24) is 4.90 Å². The standard InChI is InChI=1S/C6H11NO.C2H6.CH2O2/c1-6(8)7-4-2-3-5-7;1-2;2-1-3/h2-5H2,1H3;1-2H3;1H,(H,2,3). The smallest absolute Gasteiger partial charge is 0.290 e. The third-order valence-electron chi connectivity index (χ3n) is 1.55. The van der Waals surface area contributed by atoms with E-state index in [0.29, 0.717) is 0 Å². The minimum atomic E-state index is -0.250. The van der Waals surface area contributed by atoms with Gasteiger partial charge >= 0.3 is 0 Å². The molecule has 1 saturated heterocycles. The van der Waals surface area contributed by atoms with Crippen LogP contribution < -0.4 is 0 Å². The quantitative estimate of drug-likeness (QED) is 0.585.